The van der Waals surface area contributed by atoms with E-state index in [2.05, 4.69) is 19.9 Å². The van der Waals surface area contributed by atoms with Crippen molar-refractivity contribution in [2.75, 3.05) is 0 Å². The number of rotatable bonds is 4. The highest BCUT2D eigenvalue weighted by Crippen LogP contribution is 2.31. The number of aromatic amines is 1. The average molecular weight is 431 g/mol. The second kappa shape index (κ2) is 8.86. The Morgan fingerprint density at radius 1 is 1.30 bits per heavy atom. The number of carboxylic acid groups (broad SMARTS) is 1. The summed E-state index contributed by atoms with van der Waals surface area (Å²) in [6.45, 7) is 6.27. The fraction of sp³-hybridized carbons (Fsp3) is 0.556. The summed E-state index contributed by atoms with van der Waals surface area (Å²) in [6.07, 6.45) is 4.23. The predicted molar refractivity (Wildman–Crippen MR) is 101 cm³/mol. The van der Waals surface area contributed by atoms with Crippen molar-refractivity contribution in [2.24, 2.45) is 0 Å². The number of aromatic nitrogens is 4. The lowest BCUT2D eigenvalue weighted by molar-refractivity contribution is -0.192. The van der Waals surface area contributed by atoms with Crippen LogP contribution in [-0.4, -0.2) is 42.4 Å². The number of carboxylic acids is 1. The summed E-state index contributed by atoms with van der Waals surface area (Å²) in [5.41, 5.74) is -0.451. The lowest BCUT2D eigenvalue weighted by Crippen LogP contribution is -2.44. The van der Waals surface area contributed by atoms with Crippen molar-refractivity contribution >= 4 is 5.97 Å². The Labute approximate surface area is 169 Å². The Bertz CT molecular complexity index is 967. The first-order chi connectivity index (χ1) is 13.8. The zero-order chi connectivity index (χ0) is 22.7. The Balaban J connectivity index is 0.000000396. The van der Waals surface area contributed by atoms with Crippen LogP contribution < -0.4 is 16.6 Å². The van der Waals surface area contributed by atoms with E-state index in [-0.39, 0.29) is 16.8 Å². The molecule has 0 aromatic carbocycles. The van der Waals surface area contributed by atoms with Gasteiger partial charge in [-0.2, -0.15) is 13.2 Å². The van der Waals surface area contributed by atoms with E-state index in [0.29, 0.717) is 24.2 Å². The predicted octanol–water partition coefficient (Wildman–Crippen LogP) is 1.61. The number of alkyl halides is 3. The van der Waals surface area contributed by atoms with Crippen molar-refractivity contribution in [3.8, 4) is 0 Å². The van der Waals surface area contributed by atoms with Crippen LogP contribution in [-0.2, 0) is 16.9 Å². The molecule has 3 rings (SSSR count). The van der Waals surface area contributed by atoms with Crippen LogP contribution in [0.25, 0.3) is 0 Å². The van der Waals surface area contributed by atoms with E-state index in [0.717, 1.165) is 12.8 Å². The van der Waals surface area contributed by atoms with Gasteiger partial charge in [-0.25, -0.2) is 14.6 Å². The average Bonchev–Trinajstić information content (AvgIpc) is 3.07. The summed E-state index contributed by atoms with van der Waals surface area (Å²) in [6, 6.07) is 0.869. The third-order valence-corrected chi connectivity index (χ3v) is 4.62. The number of halogens is 3. The topological polar surface area (TPSA) is 122 Å². The Morgan fingerprint density at radius 3 is 2.37 bits per heavy atom. The minimum Gasteiger partial charge on any atom is -0.475 e. The SMILES string of the molecule is CC(C)(C)n1cc(CNC2CC(n3ccnc3)C2)c(=O)[nH]c1=O.O=C(O)C(F)(F)F. The summed E-state index contributed by atoms with van der Waals surface area (Å²) < 4.78 is 35.4. The molecule has 0 amide bonds. The van der Waals surface area contributed by atoms with Crippen LogP contribution in [0.5, 0.6) is 0 Å². The van der Waals surface area contributed by atoms with Gasteiger partial charge in [-0.15, -0.1) is 0 Å². The maximum atomic E-state index is 12.0. The number of nitrogens with zero attached hydrogens (tertiary/aromatic N) is 3. The zero-order valence-corrected chi connectivity index (χ0v) is 16.7. The fourth-order valence-electron chi connectivity index (χ4n) is 2.87. The van der Waals surface area contributed by atoms with Gasteiger partial charge in [0, 0.05) is 48.3 Å². The van der Waals surface area contributed by atoms with Gasteiger partial charge >= 0.3 is 17.8 Å². The minimum absolute atomic E-state index is 0.312. The van der Waals surface area contributed by atoms with Gasteiger partial charge < -0.3 is 15.0 Å². The van der Waals surface area contributed by atoms with Crippen LogP contribution in [0.1, 0.15) is 45.2 Å². The van der Waals surface area contributed by atoms with E-state index in [1.54, 1.807) is 17.0 Å². The Morgan fingerprint density at radius 2 is 1.90 bits per heavy atom. The summed E-state index contributed by atoms with van der Waals surface area (Å²) in [5.74, 6) is -2.76. The summed E-state index contributed by atoms with van der Waals surface area (Å²) in [5, 5.41) is 10.5. The van der Waals surface area contributed by atoms with Gasteiger partial charge in [-0.3, -0.25) is 14.3 Å². The van der Waals surface area contributed by atoms with E-state index in [9.17, 15) is 22.8 Å². The van der Waals surface area contributed by atoms with Crippen molar-refractivity contribution in [3.05, 3.63) is 51.3 Å². The highest BCUT2D eigenvalue weighted by molar-refractivity contribution is 5.73. The van der Waals surface area contributed by atoms with E-state index in [4.69, 9.17) is 9.90 Å². The van der Waals surface area contributed by atoms with Gasteiger partial charge in [0.1, 0.15) is 0 Å². The lowest BCUT2D eigenvalue weighted by atomic mass is 9.86. The number of imidazole rings is 1. The van der Waals surface area contributed by atoms with Crippen LogP contribution in [0, 0.1) is 0 Å². The van der Waals surface area contributed by atoms with Crippen molar-refractivity contribution < 1.29 is 23.1 Å². The molecule has 3 N–H and O–H groups in total. The molecule has 9 nitrogen and oxygen atoms in total. The standard InChI is InChI=1S/C16H23N5O2.C2HF3O2/c1-16(2,3)21-9-11(14(22)19-15(21)23)8-18-12-6-13(7-12)20-5-4-17-10-20;3-2(4,5)1(6)7/h4-5,9-10,12-13,18H,6-8H2,1-3H3,(H,19,22,23);(H,6,7). The summed E-state index contributed by atoms with van der Waals surface area (Å²) in [4.78, 5) is 39.2. The third-order valence-electron chi connectivity index (χ3n) is 4.62. The number of carbonyl (C=O) groups is 1. The Kier molecular flexibility index (Phi) is 6.91. The molecule has 2 aromatic heterocycles. The molecule has 0 saturated heterocycles. The molecule has 0 aliphatic heterocycles. The second-order valence-corrected chi connectivity index (χ2v) is 7.97. The second-order valence-electron chi connectivity index (χ2n) is 7.97. The molecule has 0 radical (unpaired) electrons. The normalized spacial score (nSPS) is 18.9. The minimum atomic E-state index is -5.08. The molecule has 1 aliphatic rings. The van der Waals surface area contributed by atoms with Crippen LogP contribution in [0.4, 0.5) is 13.2 Å². The molecule has 0 atom stereocenters. The molecule has 0 bridgehead atoms. The van der Waals surface area contributed by atoms with E-state index < -0.39 is 12.1 Å². The Hall–Kier alpha value is -2.89. The molecule has 12 heteroatoms. The molecule has 166 valence electrons. The van der Waals surface area contributed by atoms with Crippen LogP contribution in [0.15, 0.2) is 34.5 Å². The van der Waals surface area contributed by atoms with E-state index >= 15 is 0 Å². The number of H-pyrrole nitrogens is 1. The van der Waals surface area contributed by atoms with Gasteiger partial charge in [0.15, 0.2) is 0 Å². The van der Waals surface area contributed by atoms with Crippen molar-refractivity contribution in [1.82, 2.24) is 24.4 Å². The molecule has 30 heavy (non-hydrogen) atoms. The molecule has 2 heterocycles. The quantitative estimate of drug-likeness (QED) is 0.676. The first kappa shape index (κ1) is 23.4. The maximum absolute atomic E-state index is 12.0. The number of aliphatic carboxylic acids is 1. The van der Waals surface area contributed by atoms with Crippen molar-refractivity contribution in [1.29, 1.82) is 0 Å². The van der Waals surface area contributed by atoms with Crippen LogP contribution in [0.3, 0.4) is 0 Å². The van der Waals surface area contributed by atoms with Crippen LogP contribution in [0.2, 0.25) is 0 Å². The van der Waals surface area contributed by atoms with Crippen molar-refractivity contribution in [3.63, 3.8) is 0 Å². The first-order valence-electron chi connectivity index (χ1n) is 9.15. The molecule has 1 saturated carbocycles. The van der Waals surface area contributed by atoms with Gasteiger partial charge in [0.2, 0.25) is 0 Å². The molecule has 1 aliphatic carbocycles. The largest absolute Gasteiger partial charge is 0.490 e. The lowest BCUT2D eigenvalue weighted by Gasteiger charge is -2.36. The summed E-state index contributed by atoms with van der Waals surface area (Å²) >= 11 is 0. The molecule has 1 fully saturated rings. The first-order valence-corrected chi connectivity index (χ1v) is 9.15. The van der Waals surface area contributed by atoms with Gasteiger partial charge in [-0.1, -0.05) is 0 Å². The van der Waals surface area contributed by atoms with Gasteiger partial charge in [-0.05, 0) is 33.6 Å². The zero-order valence-electron chi connectivity index (χ0n) is 16.7. The van der Waals surface area contributed by atoms with Gasteiger partial charge in [0.25, 0.3) is 5.56 Å². The van der Waals surface area contributed by atoms with Crippen LogP contribution >= 0.6 is 0 Å². The molecular formula is C18H24F3N5O4. The molecular weight excluding hydrogens is 407 g/mol. The highest BCUT2D eigenvalue weighted by Gasteiger charge is 2.38. The third kappa shape index (κ3) is 6.05. The van der Waals surface area contributed by atoms with E-state index in [1.807, 2.05) is 33.3 Å². The smallest absolute Gasteiger partial charge is 0.475 e. The number of hydrogen-bond acceptors (Lipinski definition) is 5. The maximum Gasteiger partial charge on any atom is 0.490 e. The molecule has 0 spiro atoms. The van der Waals surface area contributed by atoms with Crippen molar-refractivity contribution in [2.45, 2.75) is 64.0 Å². The highest BCUT2D eigenvalue weighted by atomic mass is 19.4. The number of hydrogen-bond donors (Lipinski definition) is 3. The number of nitrogens with one attached hydrogen (secondary N) is 2. The summed E-state index contributed by atoms with van der Waals surface area (Å²) in [7, 11) is 0. The molecule has 2 aromatic rings. The fourth-order valence-corrected chi connectivity index (χ4v) is 2.87. The molecule has 0 unspecified atom stereocenters. The monoisotopic (exact) mass is 431 g/mol. The van der Waals surface area contributed by atoms with E-state index in [1.165, 1.54) is 0 Å². The van der Waals surface area contributed by atoms with Gasteiger partial charge in [0.05, 0.1) is 6.33 Å².